The Balaban J connectivity index is -0.000000125. The van der Waals surface area contributed by atoms with Crippen LogP contribution in [-0.2, 0) is 17.1 Å². The van der Waals surface area contributed by atoms with E-state index in [0.29, 0.717) is 12.2 Å². The maximum atomic E-state index is 11.0. The zero-order valence-electron chi connectivity index (χ0n) is 9.89. The van der Waals surface area contributed by atoms with Gasteiger partial charge in [-0.1, -0.05) is 18.2 Å². The van der Waals surface area contributed by atoms with E-state index in [9.17, 15) is 4.79 Å². The van der Waals surface area contributed by atoms with Crippen LogP contribution in [0.1, 0.15) is 17.3 Å². The maximum Gasteiger partial charge on any atom is 2.00 e. The normalized spacial score (nSPS) is 8.47. The van der Waals surface area contributed by atoms with E-state index < -0.39 is 12.3 Å². The van der Waals surface area contributed by atoms with Crippen molar-refractivity contribution < 1.29 is 46.7 Å². The van der Waals surface area contributed by atoms with Gasteiger partial charge in [0.15, 0.2) is 0 Å². The summed E-state index contributed by atoms with van der Waals surface area (Å²) in [6.07, 6.45) is 0. The van der Waals surface area contributed by atoms with E-state index in [0.717, 1.165) is 0 Å². The van der Waals surface area contributed by atoms with Gasteiger partial charge in [-0.05, 0) is 19.1 Å². The molecule has 1 aromatic rings. The summed E-state index contributed by atoms with van der Waals surface area (Å²) in [5.74, 6) is -0.256. The standard InChI is InChI=1S/C9H10O2.6ClH.Mg.Ti/c1-2-11-9(10)8-6-4-3-5-7-8;;;;;;;;/h3-7H,2H2,1H3;6*1H;;/q;;;;;;;+2;+4/p-6. The summed E-state index contributed by atoms with van der Waals surface area (Å²) in [7, 11) is 20.1. The second-order valence-corrected chi connectivity index (χ2v) is 18.0. The molecule has 0 atom stereocenters. The van der Waals surface area contributed by atoms with Crippen molar-refractivity contribution in [3.63, 3.8) is 0 Å². The fraction of sp³-hybridized carbons (Fsp3) is 0.222. The predicted molar refractivity (Wildman–Crippen MR) is 71.6 cm³/mol. The van der Waals surface area contributed by atoms with Gasteiger partial charge in [0, 0.05) is 0 Å². The summed E-state index contributed by atoms with van der Waals surface area (Å²) >= 11 is -3.11. The van der Waals surface area contributed by atoms with E-state index in [4.69, 9.17) is 42.0 Å². The zero-order chi connectivity index (χ0) is 12.6. The van der Waals surface area contributed by atoms with Gasteiger partial charge < -0.3 is 29.6 Å². The first-order valence-electron chi connectivity index (χ1n) is 4.32. The van der Waals surface area contributed by atoms with Gasteiger partial charge in [0.1, 0.15) is 0 Å². The second-order valence-electron chi connectivity index (χ2n) is 2.52. The molecular weight excluding hydrogens is 425 g/mol. The summed E-state index contributed by atoms with van der Waals surface area (Å²) < 4.78 is 4.79. The van der Waals surface area contributed by atoms with E-state index in [2.05, 4.69) is 0 Å². The van der Waals surface area contributed by atoms with Crippen molar-refractivity contribution in [1.29, 1.82) is 0 Å². The third kappa shape index (κ3) is 22.3. The van der Waals surface area contributed by atoms with E-state index in [1.807, 2.05) is 18.2 Å². The number of ether oxygens (including phenoxy) is 1. The Kier molecular flexibility index (Phi) is 24.8. The Bertz CT molecular complexity index is 316. The van der Waals surface area contributed by atoms with Crippen LogP contribution in [0.2, 0.25) is 0 Å². The van der Waals surface area contributed by atoms with Gasteiger partial charge in [-0.3, -0.25) is 0 Å². The van der Waals surface area contributed by atoms with Crippen LogP contribution in [-0.4, -0.2) is 35.6 Å². The van der Waals surface area contributed by atoms with E-state index in [-0.39, 0.29) is 53.8 Å². The summed E-state index contributed by atoms with van der Waals surface area (Å²) in [5, 5.41) is 0. The summed E-state index contributed by atoms with van der Waals surface area (Å²) in [5.41, 5.74) is 0.606. The molecule has 2 nitrogen and oxygen atoms in total. The van der Waals surface area contributed by atoms with E-state index in [1.165, 1.54) is 0 Å². The number of esters is 1. The van der Waals surface area contributed by atoms with E-state index >= 15 is 0 Å². The first kappa shape index (κ1) is 29.0. The van der Waals surface area contributed by atoms with Crippen molar-refractivity contribution in [2.24, 2.45) is 0 Å². The van der Waals surface area contributed by atoms with Gasteiger partial charge >= 0.3 is 78.6 Å². The molecule has 0 aliphatic heterocycles. The van der Waals surface area contributed by atoms with Gasteiger partial charge in [0.2, 0.25) is 0 Å². The van der Waals surface area contributed by atoms with Crippen molar-refractivity contribution in [1.82, 2.24) is 0 Å². The number of hydrogen-bond acceptors (Lipinski definition) is 2. The molecule has 1 aromatic carbocycles. The molecule has 19 heavy (non-hydrogen) atoms. The molecular formula is C9H10Cl6MgO2Ti. The Morgan fingerprint density at radius 3 is 1.79 bits per heavy atom. The molecule has 0 fully saturated rings. The fourth-order valence-electron chi connectivity index (χ4n) is 0.789. The number of rotatable bonds is 2. The topological polar surface area (TPSA) is 26.3 Å². The summed E-state index contributed by atoms with van der Waals surface area (Å²) in [6, 6.07) is 8.96. The summed E-state index contributed by atoms with van der Waals surface area (Å²) in [4.78, 5) is 11.0. The summed E-state index contributed by atoms with van der Waals surface area (Å²) in [6.45, 7) is 2.22. The van der Waals surface area contributed by atoms with Gasteiger partial charge in [-0.25, -0.2) is 4.79 Å². The molecule has 0 N–H and O–H groups in total. The average molecular weight is 435 g/mol. The molecule has 0 aromatic heterocycles. The molecule has 0 heterocycles. The molecule has 0 saturated carbocycles. The van der Waals surface area contributed by atoms with Crippen molar-refractivity contribution in [2.45, 2.75) is 6.92 Å². The smallest absolute Gasteiger partial charge is 2.00 e. The van der Waals surface area contributed by atoms with Crippen molar-refractivity contribution in [3.8, 4) is 0 Å². The molecule has 0 saturated heterocycles. The molecule has 0 radical (unpaired) electrons. The molecule has 1 rings (SSSR count). The van der Waals surface area contributed by atoms with Gasteiger partial charge in [0.25, 0.3) is 0 Å². The molecule has 0 unspecified atom stereocenters. The molecule has 10 heteroatoms. The van der Waals surface area contributed by atoms with Crippen molar-refractivity contribution >= 4 is 66.2 Å². The molecule has 0 bridgehead atoms. The molecule has 106 valence electrons. The third-order valence-electron chi connectivity index (χ3n) is 1.28. The van der Waals surface area contributed by atoms with Crippen LogP contribution >= 0.6 is 37.2 Å². The minimum Gasteiger partial charge on any atom is 2.00 e. The maximum absolute atomic E-state index is 11.0. The van der Waals surface area contributed by atoms with Crippen LogP contribution < -0.4 is 24.8 Å². The Labute approximate surface area is 160 Å². The Morgan fingerprint density at radius 2 is 1.47 bits per heavy atom. The van der Waals surface area contributed by atoms with Crippen molar-refractivity contribution in [3.05, 3.63) is 35.9 Å². The van der Waals surface area contributed by atoms with Gasteiger partial charge in [-0.2, -0.15) is 0 Å². The van der Waals surface area contributed by atoms with Gasteiger partial charge in [0.05, 0.1) is 12.2 Å². The zero-order valence-corrected chi connectivity index (χ0v) is 17.4. The Hall–Kier alpha value is 1.91. The molecule has 0 spiro atoms. The average Bonchev–Trinajstić information content (AvgIpc) is 2.17. The van der Waals surface area contributed by atoms with Crippen LogP contribution in [0.4, 0.5) is 0 Å². The van der Waals surface area contributed by atoms with Crippen LogP contribution in [0.5, 0.6) is 0 Å². The Morgan fingerprint density at radius 1 is 1.11 bits per heavy atom. The quantitative estimate of drug-likeness (QED) is 0.407. The minimum absolute atomic E-state index is 0. The number of benzene rings is 1. The molecule has 0 amide bonds. The fourth-order valence-corrected chi connectivity index (χ4v) is 0.789. The van der Waals surface area contributed by atoms with Crippen LogP contribution in [0.3, 0.4) is 0 Å². The van der Waals surface area contributed by atoms with Crippen molar-refractivity contribution in [2.75, 3.05) is 6.61 Å². The first-order chi connectivity index (χ1) is 7.34. The number of hydrogen-bond donors (Lipinski definition) is 0. The molecule has 0 aliphatic rings. The minimum atomic E-state index is -3.11. The first-order valence-corrected chi connectivity index (χ1v) is 12.9. The monoisotopic (exact) mass is 432 g/mol. The second kappa shape index (κ2) is 16.3. The number of carbonyl (C=O) groups excluding carboxylic acids is 1. The SMILES string of the molecule is CCOC(=O)c1ccccc1.[Cl-].[Cl-].[Cl][Ti]([Cl])([Cl])[Cl].[Mg+2]. The third-order valence-corrected chi connectivity index (χ3v) is 1.28. The van der Waals surface area contributed by atoms with Crippen LogP contribution in [0.15, 0.2) is 30.3 Å². The van der Waals surface area contributed by atoms with Gasteiger partial charge in [-0.15, -0.1) is 0 Å². The largest absolute Gasteiger partial charge is 2.00 e. The number of carbonyl (C=O) groups is 1. The van der Waals surface area contributed by atoms with Crippen LogP contribution in [0, 0.1) is 0 Å². The number of halogens is 6. The molecule has 0 aliphatic carbocycles. The predicted octanol–water partition coefficient (Wildman–Crippen LogP) is -1.75. The van der Waals surface area contributed by atoms with Crippen LogP contribution in [0.25, 0.3) is 0 Å². The van der Waals surface area contributed by atoms with E-state index in [1.54, 1.807) is 19.1 Å².